The monoisotopic (exact) mass is 448 g/mol. The van der Waals surface area contributed by atoms with Crippen molar-refractivity contribution in [3.63, 3.8) is 0 Å². The first-order valence-corrected chi connectivity index (χ1v) is 12.2. The highest BCUT2D eigenvalue weighted by molar-refractivity contribution is 5.94. The van der Waals surface area contributed by atoms with Gasteiger partial charge in [-0.25, -0.2) is 4.39 Å². The SMILES string of the molecule is CC(C)(C)c1ccc(F)c(-c2cccc3c2-c2ccccc2C3(c2ccccc2)C(C)(C)C)c1. The maximum absolute atomic E-state index is 15.4. The Hall–Kier alpha value is -3.19. The van der Waals surface area contributed by atoms with Gasteiger partial charge in [-0.15, -0.1) is 0 Å². The summed E-state index contributed by atoms with van der Waals surface area (Å²) in [6.45, 7) is 13.5. The van der Waals surface area contributed by atoms with Gasteiger partial charge in [0.1, 0.15) is 5.82 Å². The molecule has 1 aliphatic rings. The van der Waals surface area contributed by atoms with E-state index in [9.17, 15) is 0 Å². The quantitative estimate of drug-likeness (QED) is 0.287. The Morgan fingerprint density at radius 1 is 0.588 bits per heavy atom. The minimum atomic E-state index is -0.339. The molecule has 5 rings (SSSR count). The molecule has 0 N–H and O–H groups in total. The van der Waals surface area contributed by atoms with Crippen LogP contribution in [0.2, 0.25) is 0 Å². The van der Waals surface area contributed by atoms with Gasteiger partial charge in [0.05, 0.1) is 5.41 Å². The van der Waals surface area contributed by atoms with E-state index in [1.54, 1.807) is 6.07 Å². The van der Waals surface area contributed by atoms with E-state index in [-0.39, 0.29) is 22.1 Å². The average molecular weight is 449 g/mol. The van der Waals surface area contributed by atoms with Crippen LogP contribution >= 0.6 is 0 Å². The molecule has 0 saturated carbocycles. The number of fused-ring (bicyclic) bond motifs is 3. The molecule has 0 nitrogen and oxygen atoms in total. The lowest BCUT2D eigenvalue weighted by molar-refractivity contribution is 0.278. The molecular weight excluding hydrogens is 415 g/mol. The van der Waals surface area contributed by atoms with Gasteiger partial charge in [-0.3, -0.25) is 0 Å². The van der Waals surface area contributed by atoms with Crippen molar-refractivity contribution in [1.29, 1.82) is 0 Å². The number of halogens is 1. The minimum Gasteiger partial charge on any atom is -0.206 e. The molecule has 0 bridgehead atoms. The molecule has 0 saturated heterocycles. The second kappa shape index (κ2) is 7.67. The summed E-state index contributed by atoms with van der Waals surface area (Å²) in [5.74, 6) is -0.174. The zero-order valence-corrected chi connectivity index (χ0v) is 21.0. The summed E-state index contributed by atoms with van der Waals surface area (Å²) in [6.07, 6.45) is 0. The van der Waals surface area contributed by atoms with Gasteiger partial charge in [-0.05, 0) is 61.9 Å². The molecular formula is C33H33F. The van der Waals surface area contributed by atoms with Crippen molar-refractivity contribution in [1.82, 2.24) is 0 Å². The predicted molar refractivity (Wildman–Crippen MR) is 142 cm³/mol. The minimum absolute atomic E-state index is 0.0580. The van der Waals surface area contributed by atoms with Gasteiger partial charge in [0, 0.05) is 5.56 Å². The highest BCUT2D eigenvalue weighted by atomic mass is 19.1. The maximum atomic E-state index is 15.4. The summed E-state index contributed by atoms with van der Waals surface area (Å²) in [6, 6.07) is 31.6. The molecule has 0 aromatic heterocycles. The molecule has 172 valence electrons. The van der Waals surface area contributed by atoms with Gasteiger partial charge >= 0.3 is 0 Å². The van der Waals surface area contributed by atoms with Crippen LogP contribution in [0.3, 0.4) is 0 Å². The average Bonchev–Trinajstić information content (AvgIpc) is 3.11. The van der Waals surface area contributed by atoms with Crippen molar-refractivity contribution in [2.24, 2.45) is 5.41 Å². The molecule has 1 aliphatic carbocycles. The summed E-state index contributed by atoms with van der Waals surface area (Å²) in [4.78, 5) is 0. The van der Waals surface area contributed by atoms with Crippen LogP contribution in [0.4, 0.5) is 4.39 Å². The summed E-state index contributed by atoms with van der Waals surface area (Å²) in [7, 11) is 0. The zero-order chi connectivity index (χ0) is 24.3. The van der Waals surface area contributed by atoms with Crippen LogP contribution in [0.5, 0.6) is 0 Å². The molecule has 1 heteroatoms. The number of hydrogen-bond donors (Lipinski definition) is 0. The molecule has 34 heavy (non-hydrogen) atoms. The summed E-state index contributed by atoms with van der Waals surface area (Å²) in [5, 5.41) is 0. The Kier molecular flexibility index (Phi) is 5.09. The second-order valence-electron chi connectivity index (χ2n) is 11.6. The Balaban J connectivity index is 1.91. The maximum Gasteiger partial charge on any atom is 0.131 e. The fraction of sp³-hybridized carbons (Fsp3) is 0.273. The molecule has 0 fully saturated rings. The van der Waals surface area contributed by atoms with Gasteiger partial charge in [0.15, 0.2) is 0 Å². The highest BCUT2D eigenvalue weighted by Gasteiger charge is 2.52. The van der Waals surface area contributed by atoms with Crippen molar-refractivity contribution in [3.8, 4) is 22.3 Å². The molecule has 0 heterocycles. The van der Waals surface area contributed by atoms with E-state index in [0.717, 1.165) is 16.7 Å². The van der Waals surface area contributed by atoms with Crippen molar-refractivity contribution in [2.45, 2.75) is 52.4 Å². The normalized spacial score (nSPS) is 17.4. The topological polar surface area (TPSA) is 0 Å². The van der Waals surface area contributed by atoms with Gasteiger partial charge in [-0.2, -0.15) is 0 Å². The van der Waals surface area contributed by atoms with Gasteiger partial charge in [0.25, 0.3) is 0 Å². The number of hydrogen-bond acceptors (Lipinski definition) is 0. The van der Waals surface area contributed by atoms with Crippen LogP contribution in [0.1, 0.15) is 63.8 Å². The standard InChI is InChI=1S/C33H33F/c1-31(2,3)23-19-20-29(34)26(21-23)24-16-12-18-28-30(24)25-15-10-11-17-27(25)33(28,32(4,5)6)22-13-8-7-9-14-22/h7-21H,1-6H3. The number of benzene rings is 4. The largest absolute Gasteiger partial charge is 0.206 e. The fourth-order valence-corrected chi connectivity index (χ4v) is 5.99. The van der Waals surface area contributed by atoms with Gasteiger partial charge < -0.3 is 0 Å². The lowest BCUT2D eigenvalue weighted by Crippen LogP contribution is -2.40. The van der Waals surface area contributed by atoms with Crippen LogP contribution in [-0.2, 0) is 10.8 Å². The van der Waals surface area contributed by atoms with Gasteiger partial charge in [-0.1, -0.05) is 120 Å². The third-order valence-corrected chi connectivity index (χ3v) is 7.52. The van der Waals surface area contributed by atoms with Crippen molar-refractivity contribution in [2.75, 3.05) is 0 Å². The van der Waals surface area contributed by atoms with Crippen molar-refractivity contribution in [3.05, 3.63) is 119 Å². The third-order valence-electron chi connectivity index (χ3n) is 7.52. The highest BCUT2D eigenvalue weighted by Crippen LogP contribution is 2.62. The molecule has 0 aliphatic heterocycles. The first-order chi connectivity index (χ1) is 16.1. The van der Waals surface area contributed by atoms with Gasteiger partial charge in [0.2, 0.25) is 0 Å². The van der Waals surface area contributed by atoms with E-state index in [1.807, 2.05) is 12.1 Å². The summed E-state index contributed by atoms with van der Waals surface area (Å²) >= 11 is 0. The molecule has 1 unspecified atom stereocenters. The summed E-state index contributed by atoms with van der Waals surface area (Å²) < 4.78 is 15.4. The van der Waals surface area contributed by atoms with Crippen LogP contribution < -0.4 is 0 Å². The molecule has 4 aromatic carbocycles. The molecule has 4 aromatic rings. The smallest absolute Gasteiger partial charge is 0.131 e. The van der Waals surface area contributed by atoms with Crippen molar-refractivity contribution >= 4 is 0 Å². The Bertz CT molecular complexity index is 1370. The number of rotatable bonds is 2. The second-order valence-corrected chi connectivity index (χ2v) is 11.6. The first-order valence-electron chi connectivity index (χ1n) is 12.2. The van der Waals surface area contributed by atoms with E-state index in [4.69, 9.17) is 0 Å². The summed E-state index contributed by atoms with van der Waals surface area (Å²) in [5.41, 5.74) is 8.45. The van der Waals surface area contributed by atoms with E-state index in [0.29, 0.717) is 5.56 Å². The van der Waals surface area contributed by atoms with Crippen LogP contribution in [-0.4, -0.2) is 0 Å². The van der Waals surface area contributed by atoms with Crippen LogP contribution in [0.15, 0.2) is 91.0 Å². The lowest BCUT2D eigenvalue weighted by atomic mass is 9.57. The molecule has 0 spiro atoms. The fourth-order valence-electron chi connectivity index (χ4n) is 5.99. The van der Waals surface area contributed by atoms with E-state index in [2.05, 4.69) is 114 Å². The lowest BCUT2D eigenvalue weighted by Gasteiger charge is -2.44. The zero-order valence-electron chi connectivity index (χ0n) is 21.0. The van der Waals surface area contributed by atoms with E-state index >= 15 is 4.39 Å². The van der Waals surface area contributed by atoms with Crippen molar-refractivity contribution < 1.29 is 4.39 Å². The third kappa shape index (κ3) is 3.17. The Morgan fingerprint density at radius 2 is 1.21 bits per heavy atom. The Morgan fingerprint density at radius 3 is 1.88 bits per heavy atom. The molecule has 0 amide bonds. The van der Waals surface area contributed by atoms with Crippen LogP contribution in [0.25, 0.3) is 22.3 Å². The van der Waals surface area contributed by atoms with E-state index < -0.39 is 0 Å². The Labute approximate surface area is 203 Å². The van der Waals surface area contributed by atoms with Crippen LogP contribution in [0, 0.1) is 11.2 Å². The first kappa shape index (κ1) is 22.6. The predicted octanol–water partition coefficient (Wildman–Crippen LogP) is 9.15. The molecule has 0 radical (unpaired) electrons. The van der Waals surface area contributed by atoms with E-state index in [1.165, 1.54) is 22.3 Å². The molecule has 1 atom stereocenters.